The zero-order valence-corrected chi connectivity index (χ0v) is 10.3. The van der Waals surface area contributed by atoms with Gasteiger partial charge in [0.15, 0.2) is 5.82 Å². The number of H-pyrrole nitrogens is 2. The fourth-order valence-corrected chi connectivity index (χ4v) is 1.93. The van der Waals surface area contributed by atoms with Crippen molar-refractivity contribution in [3.05, 3.63) is 23.8 Å². The van der Waals surface area contributed by atoms with Crippen molar-refractivity contribution in [2.75, 3.05) is 0 Å². The van der Waals surface area contributed by atoms with Crippen LogP contribution in [-0.4, -0.2) is 41.2 Å². The van der Waals surface area contributed by atoms with E-state index in [0.29, 0.717) is 11.6 Å². The Morgan fingerprint density at radius 2 is 1.76 bits per heavy atom. The Bertz CT molecular complexity index is 737. The number of rotatable bonds is 3. The van der Waals surface area contributed by atoms with Crippen LogP contribution in [0.2, 0.25) is 0 Å². The summed E-state index contributed by atoms with van der Waals surface area (Å²) in [5, 5.41) is 42.4. The molecule has 2 N–H and O–H groups in total. The third-order valence-electron chi connectivity index (χ3n) is 2.84. The van der Waals surface area contributed by atoms with Crippen LogP contribution < -0.4 is 0 Å². The first-order valence-corrected chi connectivity index (χ1v) is 5.83. The first-order chi connectivity index (χ1) is 10.4. The molecule has 0 fully saturated rings. The third kappa shape index (κ3) is 2.03. The molecule has 0 aliphatic carbocycles. The number of nitrogens with one attached hydrogen (secondary N) is 2. The number of hydrogen-bond acceptors (Lipinski definition) is 10. The Labute approximate surface area is 115 Å². The van der Waals surface area contributed by atoms with Crippen LogP contribution in [0.25, 0.3) is 22.8 Å². The van der Waals surface area contributed by atoms with E-state index >= 15 is 0 Å². The summed E-state index contributed by atoms with van der Waals surface area (Å²) < 4.78 is 0. The average Bonchev–Trinajstić information content (AvgIpc) is 3.29. The van der Waals surface area contributed by atoms with E-state index in [4.69, 9.17) is 0 Å². The van der Waals surface area contributed by atoms with Crippen LogP contribution in [0.5, 0.6) is 0 Å². The molecular weight excluding hydrogens is 276 g/mol. The molecule has 0 saturated carbocycles. The van der Waals surface area contributed by atoms with Gasteiger partial charge in [-0.15, -0.1) is 25.5 Å². The molecule has 102 valence electrons. The molecule has 0 unspecified atom stereocenters. The molecular formula is C9H6N12. The minimum atomic E-state index is -0.494. The normalized spacial score (nSPS) is 14.1. The third-order valence-corrected chi connectivity index (χ3v) is 2.84. The Morgan fingerprint density at radius 3 is 2.48 bits per heavy atom. The highest BCUT2D eigenvalue weighted by Crippen LogP contribution is 2.31. The van der Waals surface area contributed by atoms with Crippen molar-refractivity contribution in [3.8, 4) is 22.8 Å². The van der Waals surface area contributed by atoms with Gasteiger partial charge in [0, 0.05) is 16.7 Å². The number of tetrazole rings is 2. The lowest BCUT2D eigenvalue weighted by molar-refractivity contribution is 0.765. The predicted molar refractivity (Wildman–Crippen MR) is 65.2 cm³/mol. The minimum absolute atomic E-state index is 0.442. The fraction of sp³-hybridized carbons (Fsp3) is 0.111. The lowest BCUT2D eigenvalue weighted by atomic mass is 10.0. The maximum Gasteiger partial charge on any atom is 0.210 e. The smallest absolute Gasteiger partial charge is 0.210 e. The van der Waals surface area contributed by atoms with Crippen LogP contribution >= 0.6 is 0 Å². The largest absolute Gasteiger partial charge is 0.239 e. The van der Waals surface area contributed by atoms with E-state index in [1.54, 1.807) is 0 Å². The summed E-state index contributed by atoms with van der Waals surface area (Å²) in [7, 11) is 0. The van der Waals surface area contributed by atoms with Gasteiger partial charge in [-0.1, -0.05) is 0 Å². The highest BCUT2D eigenvalue weighted by molar-refractivity contribution is 5.67. The molecule has 12 heteroatoms. The van der Waals surface area contributed by atoms with Gasteiger partial charge in [0.1, 0.15) is 0 Å². The molecule has 4 rings (SSSR count). The van der Waals surface area contributed by atoms with E-state index in [1.807, 2.05) is 18.2 Å². The monoisotopic (exact) mass is 282 g/mol. The van der Waals surface area contributed by atoms with Crippen LogP contribution in [0, 0.1) is 0 Å². The van der Waals surface area contributed by atoms with Crippen molar-refractivity contribution in [2.24, 2.45) is 20.7 Å². The zero-order chi connectivity index (χ0) is 14.1. The summed E-state index contributed by atoms with van der Waals surface area (Å²) in [6.45, 7) is 0. The van der Waals surface area contributed by atoms with E-state index in [1.165, 1.54) is 0 Å². The SMILES string of the molecule is c1c(-c2nn[nH]n2)cc(C2N=NN=N2)cc1-c1nnn[nH]1. The zero-order valence-electron chi connectivity index (χ0n) is 10.3. The van der Waals surface area contributed by atoms with Crippen LogP contribution in [0.4, 0.5) is 0 Å². The van der Waals surface area contributed by atoms with Crippen LogP contribution in [0.3, 0.4) is 0 Å². The van der Waals surface area contributed by atoms with E-state index in [2.05, 4.69) is 61.9 Å². The molecule has 3 heterocycles. The van der Waals surface area contributed by atoms with Gasteiger partial charge in [0.25, 0.3) is 0 Å². The maximum absolute atomic E-state index is 3.96. The van der Waals surface area contributed by atoms with E-state index < -0.39 is 6.17 Å². The molecule has 12 nitrogen and oxygen atoms in total. The van der Waals surface area contributed by atoms with Gasteiger partial charge >= 0.3 is 0 Å². The summed E-state index contributed by atoms with van der Waals surface area (Å²) in [5.74, 6) is 0.950. The Kier molecular flexibility index (Phi) is 2.49. The van der Waals surface area contributed by atoms with Gasteiger partial charge < -0.3 is 0 Å². The molecule has 1 aliphatic rings. The predicted octanol–water partition coefficient (Wildman–Crippen LogP) is 0.878. The first kappa shape index (κ1) is 11.4. The van der Waals surface area contributed by atoms with Crippen molar-refractivity contribution >= 4 is 0 Å². The summed E-state index contributed by atoms with van der Waals surface area (Å²) in [5.41, 5.74) is 2.24. The summed E-state index contributed by atoms with van der Waals surface area (Å²) >= 11 is 0. The van der Waals surface area contributed by atoms with Crippen LogP contribution in [-0.2, 0) is 0 Å². The van der Waals surface area contributed by atoms with Crippen molar-refractivity contribution < 1.29 is 0 Å². The molecule has 2 aromatic heterocycles. The Balaban J connectivity index is 1.87. The molecule has 3 aromatic rings. The summed E-state index contributed by atoms with van der Waals surface area (Å²) in [4.78, 5) is 0. The van der Waals surface area contributed by atoms with Gasteiger partial charge in [-0.2, -0.15) is 5.21 Å². The van der Waals surface area contributed by atoms with Gasteiger partial charge in [-0.05, 0) is 44.3 Å². The summed E-state index contributed by atoms with van der Waals surface area (Å²) in [6.07, 6.45) is -0.494. The van der Waals surface area contributed by atoms with Crippen molar-refractivity contribution in [3.63, 3.8) is 0 Å². The number of nitrogens with zero attached hydrogens (tertiary/aromatic N) is 10. The van der Waals surface area contributed by atoms with Gasteiger partial charge in [0.2, 0.25) is 12.0 Å². The second-order valence-corrected chi connectivity index (χ2v) is 4.11. The number of benzene rings is 1. The fourth-order valence-electron chi connectivity index (χ4n) is 1.93. The van der Waals surface area contributed by atoms with Gasteiger partial charge in [-0.25, -0.2) is 5.10 Å². The summed E-state index contributed by atoms with van der Waals surface area (Å²) in [6, 6.07) is 5.52. The molecule has 0 radical (unpaired) electrons. The van der Waals surface area contributed by atoms with E-state index in [0.717, 1.165) is 16.7 Å². The van der Waals surface area contributed by atoms with Gasteiger partial charge in [0.05, 0.1) is 0 Å². The molecule has 0 amide bonds. The van der Waals surface area contributed by atoms with E-state index in [9.17, 15) is 0 Å². The first-order valence-electron chi connectivity index (χ1n) is 5.83. The van der Waals surface area contributed by atoms with E-state index in [-0.39, 0.29) is 0 Å². The lowest BCUT2D eigenvalue weighted by Gasteiger charge is -2.06. The molecule has 0 bridgehead atoms. The lowest BCUT2D eigenvalue weighted by Crippen LogP contribution is -1.94. The topological polar surface area (TPSA) is 158 Å². The molecule has 0 spiro atoms. The molecule has 0 atom stereocenters. The van der Waals surface area contributed by atoms with Crippen molar-refractivity contribution in [1.29, 1.82) is 0 Å². The Hall–Kier alpha value is -3.44. The number of hydrogen-bond donors (Lipinski definition) is 2. The molecule has 1 aliphatic heterocycles. The molecule has 21 heavy (non-hydrogen) atoms. The second-order valence-electron chi connectivity index (χ2n) is 4.11. The minimum Gasteiger partial charge on any atom is -0.239 e. The highest BCUT2D eigenvalue weighted by Gasteiger charge is 2.18. The van der Waals surface area contributed by atoms with Crippen molar-refractivity contribution in [1.82, 2.24) is 41.2 Å². The second kappa shape index (κ2) is 4.59. The Morgan fingerprint density at radius 1 is 0.905 bits per heavy atom. The number of aromatic nitrogens is 8. The standard InChI is InChI=1S/C9H6N12/c1-4(7-10-16-17-11-7)2-6(9-14-20-21-15-9)3-5(1)8-12-18-19-13-8/h1-3,7H,(H,12,13,18,19)(H,14,15,20,21). The molecule has 0 saturated heterocycles. The average molecular weight is 282 g/mol. The van der Waals surface area contributed by atoms with Gasteiger partial charge in [-0.3, -0.25) is 0 Å². The van der Waals surface area contributed by atoms with Crippen LogP contribution in [0.1, 0.15) is 11.7 Å². The van der Waals surface area contributed by atoms with Crippen molar-refractivity contribution in [2.45, 2.75) is 6.17 Å². The maximum atomic E-state index is 3.96. The molecule has 1 aromatic carbocycles. The quantitative estimate of drug-likeness (QED) is 0.725. The highest BCUT2D eigenvalue weighted by atomic mass is 15.6. The number of aromatic amines is 2. The van der Waals surface area contributed by atoms with Crippen LogP contribution in [0.15, 0.2) is 38.9 Å².